The van der Waals surface area contributed by atoms with Crippen molar-refractivity contribution in [2.45, 2.75) is 0 Å². The summed E-state index contributed by atoms with van der Waals surface area (Å²) in [5.41, 5.74) is 2.66. The number of fused-ring (bicyclic) bond motifs is 1. The summed E-state index contributed by atoms with van der Waals surface area (Å²) in [7, 11) is 0. The van der Waals surface area contributed by atoms with E-state index in [1.54, 1.807) is 18.2 Å². The lowest BCUT2D eigenvalue weighted by Gasteiger charge is -2.00. The van der Waals surface area contributed by atoms with Gasteiger partial charge in [-0.3, -0.25) is 4.79 Å². The molecular weight excluding hydrogens is 306 g/mol. The summed E-state index contributed by atoms with van der Waals surface area (Å²) in [4.78, 5) is 17.4. The Morgan fingerprint density at radius 3 is 2.78 bits per heavy atom. The minimum absolute atomic E-state index is 0.0712. The van der Waals surface area contributed by atoms with Crippen LogP contribution in [0.3, 0.4) is 0 Å². The second-order valence-electron chi connectivity index (χ2n) is 5.32. The number of carbonyl (C=O) groups excluding carboxylic acids is 1. The number of nitrogens with one attached hydrogen (secondary N) is 1. The van der Waals surface area contributed by atoms with Crippen LogP contribution in [0.4, 0.5) is 0 Å². The van der Waals surface area contributed by atoms with Crippen molar-refractivity contribution in [1.82, 2.24) is 4.98 Å². The second-order valence-corrected chi connectivity index (χ2v) is 6.41. The zero-order chi connectivity index (χ0) is 15.8. The molecule has 0 bridgehead atoms. The zero-order valence-corrected chi connectivity index (χ0v) is 12.9. The zero-order valence-electron chi connectivity index (χ0n) is 12.1. The lowest BCUT2D eigenvalue weighted by atomic mass is 10.1. The van der Waals surface area contributed by atoms with E-state index in [-0.39, 0.29) is 11.5 Å². The normalized spacial score (nSPS) is 11.0. The molecule has 112 valence electrons. The fourth-order valence-corrected chi connectivity index (χ4v) is 3.57. The Kier molecular flexibility index (Phi) is 3.24. The number of benzene rings is 2. The van der Waals surface area contributed by atoms with E-state index in [2.05, 4.69) is 23.2 Å². The number of aromatic nitrogens is 1. The van der Waals surface area contributed by atoms with Crippen LogP contribution in [0.5, 0.6) is 5.75 Å². The molecule has 0 aliphatic carbocycles. The van der Waals surface area contributed by atoms with E-state index >= 15 is 0 Å². The van der Waals surface area contributed by atoms with Crippen molar-refractivity contribution in [2.24, 2.45) is 0 Å². The van der Waals surface area contributed by atoms with Gasteiger partial charge in [-0.2, -0.15) is 0 Å². The highest BCUT2D eigenvalue weighted by Gasteiger charge is 2.13. The summed E-state index contributed by atoms with van der Waals surface area (Å²) in [6.07, 6.45) is 1.92. The van der Waals surface area contributed by atoms with Crippen molar-refractivity contribution in [2.75, 3.05) is 0 Å². The van der Waals surface area contributed by atoms with Gasteiger partial charge in [-0.05, 0) is 47.3 Å². The lowest BCUT2D eigenvalue weighted by Crippen LogP contribution is -1.97. The smallest absolute Gasteiger partial charge is 0.203 e. The molecule has 2 aromatic carbocycles. The molecule has 0 fully saturated rings. The molecule has 2 aromatic heterocycles. The molecule has 4 rings (SSSR count). The van der Waals surface area contributed by atoms with Gasteiger partial charge in [0, 0.05) is 22.2 Å². The molecule has 2 N–H and O–H groups in total. The van der Waals surface area contributed by atoms with Gasteiger partial charge in [0.1, 0.15) is 5.75 Å². The number of rotatable bonds is 3. The Bertz CT molecular complexity index is 1010. The van der Waals surface area contributed by atoms with Crippen LogP contribution < -0.4 is 0 Å². The molecule has 0 spiro atoms. The van der Waals surface area contributed by atoms with Crippen LogP contribution in [-0.2, 0) is 0 Å². The van der Waals surface area contributed by atoms with Crippen LogP contribution in [0.2, 0.25) is 0 Å². The van der Waals surface area contributed by atoms with Gasteiger partial charge >= 0.3 is 0 Å². The van der Waals surface area contributed by atoms with E-state index in [1.807, 2.05) is 24.4 Å². The number of ketones is 1. The molecule has 0 unspecified atom stereocenters. The summed E-state index contributed by atoms with van der Waals surface area (Å²) < 4.78 is 0. The molecule has 0 saturated carbocycles. The van der Waals surface area contributed by atoms with Crippen LogP contribution >= 0.6 is 11.3 Å². The van der Waals surface area contributed by atoms with Gasteiger partial charge in [0.25, 0.3) is 0 Å². The number of phenolic OH excluding ortho intramolecular Hbond substituents is 1. The second kappa shape index (κ2) is 5.41. The Morgan fingerprint density at radius 2 is 1.91 bits per heavy atom. The summed E-state index contributed by atoms with van der Waals surface area (Å²) in [5.74, 6) is 0.0305. The van der Waals surface area contributed by atoms with Crippen LogP contribution in [0.1, 0.15) is 15.2 Å². The van der Waals surface area contributed by atoms with Crippen LogP contribution in [0.15, 0.2) is 66.9 Å². The van der Waals surface area contributed by atoms with Crippen LogP contribution in [-0.4, -0.2) is 15.9 Å². The molecule has 0 amide bonds. The average Bonchev–Trinajstić information content (AvgIpc) is 3.22. The van der Waals surface area contributed by atoms with Crippen molar-refractivity contribution >= 4 is 28.0 Å². The highest BCUT2D eigenvalue weighted by atomic mass is 32.1. The van der Waals surface area contributed by atoms with Crippen molar-refractivity contribution in [3.05, 3.63) is 77.3 Å². The molecule has 4 heteroatoms. The Labute approximate surface area is 136 Å². The number of aromatic amines is 1. The Balaban J connectivity index is 1.69. The first-order valence-electron chi connectivity index (χ1n) is 7.22. The molecule has 4 aromatic rings. The van der Waals surface area contributed by atoms with Crippen LogP contribution in [0.25, 0.3) is 21.3 Å². The van der Waals surface area contributed by atoms with E-state index in [1.165, 1.54) is 22.8 Å². The van der Waals surface area contributed by atoms with E-state index in [9.17, 15) is 9.90 Å². The third kappa shape index (κ3) is 2.53. The average molecular weight is 319 g/mol. The molecule has 0 aliphatic heterocycles. The molecule has 0 saturated heterocycles. The highest BCUT2D eigenvalue weighted by molar-refractivity contribution is 7.17. The van der Waals surface area contributed by atoms with Gasteiger partial charge in [-0.1, -0.05) is 24.3 Å². The largest absolute Gasteiger partial charge is 0.508 e. The van der Waals surface area contributed by atoms with Crippen molar-refractivity contribution in [1.29, 1.82) is 0 Å². The SMILES string of the molecule is O=C(c1cccc(O)c1)c1ccc(-c2ccc3cc[nH]c3c2)s1. The van der Waals surface area contributed by atoms with Gasteiger partial charge in [-0.15, -0.1) is 11.3 Å². The monoisotopic (exact) mass is 319 g/mol. The van der Waals surface area contributed by atoms with Gasteiger partial charge < -0.3 is 10.1 Å². The van der Waals surface area contributed by atoms with E-state index < -0.39 is 0 Å². The third-order valence-electron chi connectivity index (χ3n) is 3.78. The van der Waals surface area contributed by atoms with Crippen molar-refractivity contribution < 1.29 is 9.90 Å². The first kappa shape index (κ1) is 13.8. The number of thiophene rings is 1. The van der Waals surface area contributed by atoms with E-state index in [0.29, 0.717) is 10.4 Å². The van der Waals surface area contributed by atoms with E-state index in [4.69, 9.17) is 0 Å². The quantitative estimate of drug-likeness (QED) is 0.531. The summed E-state index contributed by atoms with van der Waals surface area (Å²) in [6.45, 7) is 0. The van der Waals surface area contributed by atoms with Gasteiger partial charge in [-0.25, -0.2) is 0 Å². The van der Waals surface area contributed by atoms with Crippen LogP contribution in [0, 0.1) is 0 Å². The fourth-order valence-electron chi connectivity index (χ4n) is 2.61. The lowest BCUT2D eigenvalue weighted by molar-refractivity contribution is 0.104. The number of H-pyrrole nitrogens is 1. The summed E-state index contributed by atoms with van der Waals surface area (Å²) >= 11 is 1.46. The predicted molar refractivity (Wildman–Crippen MR) is 93.2 cm³/mol. The molecule has 23 heavy (non-hydrogen) atoms. The highest BCUT2D eigenvalue weighted by Crippen LogP contribution is 2.31. The maximum atomic E-state index is 12.5. The Hall–Kier alpha value is -2.85. The molecule has 3 nitrogen and oxygen atoms in total. The summed E-state index contributed by atoms with van der Waals surface area (Å²) in [5, 5.41) is 10.7. The summed E-state index contributed by atoms with van der Waals surface area (Å²) in [6, 6.07) is 18.5. The molecule has 0 radical (unpaired) electrons. The maximum absolute atomic E-state index is 12.5. The third-order valence-corrected chi connectivity index (χ3v) is 4.91. The number of hydrogen-bond donors (Lipinski definition) is 2. The van der Waals surface area contributed by atoms with Crippen molar-refractivity contribution in [3.63, 3.8) is 0 Å². The van der Waals surface area contributed by atoms with Gasteiger partial charge in [0.2, 0.25) is 5.78 Å². The minimum Gasteiger partial charge on any atom is -0.508 e. The fraction of sp³-hybridized carbons (Fsp3) is 0. The molecule has 2 heterocycles. The topological polar surface area (TPSA) is 53.1 Å². The number of aromatic hydroxyl groups is 1. The minimum atomic E-state index is -0.0712. The van der Waals surface area contributed by atoms with Gasteiger partial charge in [0.15, 0.2) is 0 Å². The number of phenols is 1. The number of hydrogen-bond acceptors (Lipinski definition) is 3. The molecule has 0 atom stereocenters. The Morgan fingerprint density at radius 1 is 1.00 bits per heavy atom. The molecular formula is C19H13NO2S. The van der Waals surface area contributed by atoms with Crippen molar-refractivity contribution in [3.8, 4) is 16.2 Å². The predicted octanol–water partition coefficient (Wildman–Crippen LogP) is 4.83. The standard InChI is InChI=1S/C19H13NO2S/c21-15-3-1-2-14(10-15)19(22)18-7-6-17(23-18)13-5-4-12-8-9-20-16(12)11-13/h1-11,20-21H. The number of carbonyl (C=O) groups is 1. The first-order chi connectivity index (χ1) is 11.2. The van der Waals surface area contributed by atoms with E-state index in [0.717, 1.165) is 16.0 Å². The first-order valence-corrected chi connectivity index (χ1v) is 8.03. The van der Waals surface area contributed by atoms with Gasteiger partial charge in [0.05, 0.1) is 4.88 Å². The maximum Gasteiger partial charge on any atom is 0.203 e. The molecule has 0 aliphatic rings.